The predicted molar refractivity (Wildman–Crippen MR) is 152 cm³/mol. The summed E-state index contributed by atoms with van der Waals surface area (Å²) in [5.41, 5.74) is -0.657. The fourth-order valence-corrected chi connectivity index (χ4v) is 5.11. The van der Waals surface area contributed by atoms with Gasteiger partial charge < -0.3 is 25.4 Å². The average molecular weight is 589 g/mol. The zero-order valence-electron chi connectivity index (χ0n) is 25.0. The molecule has 5 atom stereocenters. The molecule has 3 amide bonds. The Morgan fingerprint density at radius 1 is 1.10 bits per heavy atom. The maximum atomic E-state index is 13.5. The summed E-state index contributed by atoms with van der Waals surface area (Å²) in [6, 6.07) is -2.98. The molecule has 1 unspecified atom stereocenters. The van der Waals surface area contributed by atoms with Crippen LogP contribution >= 0.6 is 0 Å². The van der Waals surface area contributed by atoms with Gasteiger partial charge in [0.15, 0.2) is 0 Å². The minimum Gasteiger partial charge on any atom is -0.463 e. The van der Waals surface area contributed by atoms with Gasteiger partial charge in [0.05, 0.1) is 24.1 Å². The fourth-order valence-electron chi connectivity index (χ4n) is 4.26. The van der Waals surface area contributed by atoms with Gasteiger partial charge in [-0.15, -0.1) is 0 Å². The van der Waals surface area contributed by atoms with Crippen molar-refractivity contribution in [2.45, 2.75) is 104 Å². The number of ether oxygens (including phenoxy) is 2. The van der Waals surface area contributed by atoms with Crippen LogP contribution < -0.4 is 20.7 Å². The Kier molecular flexibility index (Phi) is 14.3. The number of nitrogens with one attached hydrogen (secondary N) is 4. The number of carbonyl (C=O) groups is 4. The van der Waals surface area contributed by atoms with Gasteiger partial charge in [0.2, 0.25) is 27.7 Å². The Labute approximate surface area is 238 Å². The monoisotopic (exact) mass is 588 g/mol. The number of esters is 1. The van der Waals surface area contributed by atoms with Gasteiger partial charge in [-0.1, -0.05) is 19.9 Å². The van der Waals surface area contributed by atoms with Crippen LogP contribution in [0.4, 0.5) is 0 Å². The maximum absolute atomic E-state index is 13.5. The van der Waals surface area contributed by atoms with Crippen LogP contribution in [0.1, 0.15) is 74.7 Å². The van der Waals surface area contributed by atoms with Crippen molar-refractivity contribution in [2.75, 3.05) is 18.9 Å². The van der Waals surface area contributed by atoms with Crippen molar-refractivity contribution in [3.05, 3.63) is 12.2 Å². The summed E-state index contributed by atoms with van der Waals surface area (Å²) in [6.07, 6.45) is 2.95. The van der Waals surface area contributed by atoms with Crippen LogP contribution in [-0.4, -0.2) is 80.8 Å². The van der Waals surface area contributed by atoms with Crippen LogP contribution in [0.3, 0.4) is 0 Å². The van der Waals surface area contributed by atoms with E-state index in [1.807, 2.05) is 13.8 Å². The highest BCUT2D eigenvalue weighted by molar-refractivity contribution is 7.89. The molecule has 0 radical (unpaired) electrons. The van der Waals surface area contributed by atoms with Crippen LogP contribution in [-0.2, 0) is 38.7 Å². The SMILES string of the molecule is CCOC(=O)C=C[C@H](C[C@@H]1CCNC1=O)NC(=O)[C@H](CC(C)C)NC(=O)[C@@H](NS(=O)(=O)CC)C(C)OC(C)(C)C. The number of amides is 3. The van der Waals surface area contributed by atoms with Gasteiger partial charge >= 0.3 is 5.97 Å². The number of sulfonamides is 1. The zero-order valence-corrected chi connectivity index (χ0v) is 25.9. The molecule has 1 heterocycles. The lowest BCUT2D eigenvalue weighted by Gasteiger charge is -2.32. The number of hydrogen-bond donors (Lipinski definition) is 4. The molecule has 40 heavy (non-hydrogen) atoms. The summed E-state index contributed by atoms with van der Waals surface area (Å²) in [5, 5.41) is 8.30. The standard InChI is InChI=1S/C27H48N4O8S/c1-9-38-22(32)12-11-20(16-19-13-14-28-24(19)33)29-25(34)21(15-17(3)4)30-26(35)23(31-40(36,37)10-2)18(5)39-27(6,7)8/h11-12,17-21,23,31H,9-10,13-16H2,1-8H3,(H,28,33)(H,29,34)(H,30,35)/t18?,19-,20+,21-,23-/m0/s1. The molecule has 0 aromatic rings. The quantitative estimate of drug-likeness (QED) is 0.154. The Morgan fingerprint density at radius 3 is 2.25 bits per heavy atom. The lowest BCUT2D eigenvalue weighted by atomic mass is 9.96. The predicted octanol–water partition coefficient (Wildman–Crippen LogP) is 1.16. The Balaban J connectivity index is 3.20. The second-order valence-corrected chi connectivity index (χ2v) is 13.4. The highest BCUT2D eigenvalue weighted by Crippen LogP contribution is 2.18. The average Bonchev–Trinajstić information content (AvgIpc) is 3.23. The van der Waals surface area contributed by atoms with Crippen LogP contribution in [0.15, 0.2) is 12.2 Å². The van der Waals surface area contributed by atoms with Crippen LogP contribution in [0.2, 0.25) is 0 Å². The van der Waals surface area contributed by atoms with Crippen LogP contribution in [0.5, 0.6) is 0 Å². The normalized spacial score (nSPS) is 19.1. The van der Waals surface area contributed by atoms with E-state index in [2.05, 4.69) is 20.7 Å². The third-order valence-electron chi connectivity index (χ3n) is 6.10. The van der Waals surface area contributed by atoms with Crippen LogP contribution in [0.25, 0.3) is 0 Å². The summed E-state index contributed by atoms with van der Waals surface area (Å²) >= 11 is 0. The second kappa shape index (κ2) is 16.1. The summed E-state index contributed by atoms with van der Waals surface area (Å²) in [4.78, 5) is 51.0. The molecular formula is C27H48N4O8S. The van der Waals surface area contributed by atoms with E-state index in [1.165, 1.54) is 19.1 Å². The van der Waals surface area contributed by atoms with E-state index in [0.29, 0.717) is 13.0 Å². The summed E-state index contributed by atoms with van der Waals surface area (Å²) in [6.45, 7) is 14.6. The van der Waals surface area contributed by atoms with E-state index in [1.54, 1.807) is 34.6 Å². The molecule has 1 fully saturated rings. The second-order valence-electron chi connectivity index (χ2n) is 11.4. The summed E-state index contributed by atoms with van der Waals surface area (Å²) < 4.78 is 38.0. The Bertz CT molecular complexity index is 1010. The molecule has 0 aromatic carbocycles. The maximum Gasteiger partial charge on any atom is 0.330 e. The van der Waals surface area contributed by atoms with Gasteiger partial charge in [0.1, 0.15) is 12.1 Å². The first-order valence-corrected chi connectivity index (χ1v) is 15.5. The third-order valence-corrected chi connectivity index (χ3v) is 7.47. The van der Waals surface area contributed by atoms with Gasteiger partial charge in [-0.05, 0) is 66.7 Å². The molecule has 4 N–H and O–H groups in total. The first-order valence-electron chi connectivity index (χ1n) is 13.9. The van der Waals surface area contributed by atoms with Crippen molar-refractivity contribution in [2.24, 2.45) is 11.8 Å². The van der Waals surface area contributed by atoms with Crippen LogP contribution in [0, 0.1) is 11.8 Å². The largest absolute Gasteiger partial charge is 0.463 e. The molecule has 13 heteroatoms. The van der Waals surface area contributed by atoms with Crippen molar-refractivity contribution in [3.63, 3.8) is 0 Å². The van der Waals surface area contributed by atoms with E-state index in [9.17, 15) is 27.6 Å². The number of carbonyl (C=O) groups excluding carboxylic acids is 4. The highest BCUT2D eigenvalue weighted by Gasteiger charge is 2.35. The zero-order chi connectivity index (χ0) is 30.7. The summed E-state index contributed by atoms with van der Waals surface area (Å²) in [7, 11) is -3.78. The molecule has 230 valence electrons. The van der Waals surface area contributed by atoms with E-state index in [0.717, 1.165) is 0 Å². The van der Waals surface area contributed by atoms with E-state index in [-0.39, 0.29) is 42.9 Å². The number of rotatable bonds is 16. The first-order chi connectivity index (χ1) is 18.5. The molecule has 1 aliphatic rings. The molecule has 1 saturated heterocycles. The van der Waals surface area contributed by atoms with Crippen molar-refractivity contribution < 1.29 is 37.1 Å². The third kappa shape index (κ3) is 13.2. The smallest absolute Gasteiger partial charge is 0.330 e. The van der Waals surface area contributed by atoms with Gasteiger partial charge in [0.25, 0.3) is 0 Å². The first kappa shape index (κ1) is 35.5. The molecule has 0 saturated carbocycles. The Morgan fingerprint density at radius 2 is 1.75 bits per heavy atom. The van der Waals surface area contributed by atoms with Gasteiger partial charge in [0, 0.05) is 24.6 Å². The van der Waals surface area contributed by atoms with E-state index in [4.69, 9.17) is 9.47 Å². The number of hydrogen-bond acceptors (Lipinski definition) is 8. The molecule has 0 aromatic heterocycles. The minimum atomic E-state index is -3.78. The van der Waals surface area contributed by atoms with Crippen molar-refractivity contribution >= 4 is 33.7 Å². The summed E-state index contributed by atoms with van der Waals surface area (Å²) in [5.74, 6) is -2.53. The van der Waals surface area contributed by atoms with Crippen molar-refractivity contribution in [1.29, 1.82) is 0 Å². The fraction of sp³-hybridized carbons (Fsp3) is 0.778. The molecule has 1 rings (SSSR count). The lowest BCUT2D eigenvalue weighted by molar-refractivity contribution is -0.137. The molecule has 1 aliphatic heterocycles. The molecular weight excluding hydrogens is 540 g/mol. The molecule has 0 bridgehead atoms. The molecule has 0 aliphatic carbocycles. The minimum absolute atomic E-state index is 0.000726. The molecule has 12 nitrogen and oxygen atoms in total. The van der Waals surface area contributed by atoms with Gasteiger partial charge in [-0.2, -0.15) is 0 Å². The van der Waals surface area contributed by atoms with E-state index >= 15 is 0 Å². The van der Waals surface area contributed by atoms with Crippen molar-refractivity contribution in [3.8, 4) is 0 Å². The topological polar surface area (TPSA) is 169 Å². The van der Waals surface area contributed by atoms with Gasteiger partial charge in [-0.3, -0.25) is 14.4 Å². The van der Waals surface area contributed by atoms with Crippen molar-refractivity contribution in [1.82, 2.24) is 20.7 Å². The van der Waals surface area contributed by atoms with Gasteiger partial charge in [-0.25, -0.2) is 17.9 Å². The van der Waals surface area contributed by atoms with E-state index < -0.39 is 57.6 Å². The lowest BCUT2D eigenvalue weighted by Crippen LogP contribution is -2.59. The Hall–Kier alpha value is -2.51. The highest BCUT2D eigenvalue weighted by atomic mass is 32.2. The molecule has 0 spiro atoms.